The number of nitrogens with one attached hydrogen (secondary N) is 1. The second-order valence-corrected chi connectivity index (χ2v) is 10.4. The molecular weight excluding hydrogens is 432 g/mol. The molecule has 0 unspecified atom stereocenters. The lowest BCUT2D eigenvalue weighted by Gasteiger charge is -2.25. The Kier molecular flexibility index (Phi) is 6.84. The van der Waals surface area contributed by atoms with Crippen LogP contribution < -0.4 is 9.62 Å². The fourth-order valence-corrected chi connectivity index (χ4v) is 5.74. The number of amides is 1. The zero-order valence-electron chi connectivity index (χ0n) is 19.1. The van der Waals surface area contributed by atoms with E-state index in [4.69, 9.17) is 0 Å². The number of fused-ring (bicyclic) bond motifs is 1. The number of benzene rings is 3. The normalized spacial score (nSPS) is 13.9. The zero-order valence-corrected chi connectivity index (χ0v) is 19.9. The molecule has 0 saturated heterocycles. The highest BCUT2D eigenvalue weighted by molar-refractivity contribution is 7.92. The van der Waals surface area contributed by atoms with Gasteiger partial charge in [-0.15, -0.1) is 0 Å². The fraction of sp³-hybridized carbons (Fsp3) is 0.296. The van der Waals surface area contributed by atoms with Crippen molar-refractivity contribution in [2.45, 2.75) is 50.5 Å². The molecule has 172 valence electrons. The molecule has 1 aliphatic carbocycles. The predicted octanol–water partition coefficient (Wildman–Crippen LogP) is 4.81. The molecule has 0 heterocycles. The third-order valence-corrected chi connectivity index (χ3v) is 8.04. The summed E-state index contributed by atoms with van der Waals surface area (Å²) >= 11 is 0. The predicted molar refractivity (Wildman–Crippen MR) is 132 cm³/mol. The molecule has 0 bridgehead atoms. The van der Waals surface area contributed by atoms with Crippen molar-refractivity contribution in [1.82, 2.24) is 5.32 Å². The van der Waals surface area contributed by atoms with Crippen molar-refractivity contribution in [2.24, 2.45) is 0 Å². The molecule has 1 N–H and O–H groups in total. The first-order valence-corrected chi connectivity index (χ1v) is 12.9. The minimum Gasteiger partial charge on any atom is -0.348 e. The van der Waals surface area contributed by atoms with Gasteiger partial charge in [-0.05, 0) is 79.1 Å². The first-order chi connectivity index (χ1) is 15.9. The van der Waals surface area contributed by atoms with Crippen LogP contribution in [0.1, 0.15) is 48.6 Å². The Morgan fingerprint density at radius 2 is 1.67 bits per heavy atom. The van der Waals surface area contributed by atoms with Gasteiger partial charge in [-0.2, -0.15) is 0 Å². The highest BCUT2D eigenvalue weighted by atomic mass is 32.2. The van der Waals surface area contributed by atoms with Gasteiger partial charge in [0.25, 0.3) is 10.0 Å². The summed E-state index contributed by atoms with van der Waals surface area (Å²) in [6, 6.07) is 21.7. The minimum absolute atomic E-state index is 0.157. The summed E-state index contributed by atoms with van der Waals surface area (Å²) in [7, 11) is -3.90. The maximum absolute atomic E-state index is 13.5. The van der Waals surface area contributed by atoms with Crippen molar-refractivity contribution in [1.29, 1.82) is 0 Å². The molecular formula is C27H30N2O3S. The average molecular weight is 463 g/mol. The van der Waals surface area contributed by atoms with Crippen LogP contribution in [-0.2, 0) is 34.1 Å². The van der Waals surface area contributed by atoms with E-state index in [0.29, 0.717) is 5.69 Å². The smallest absolute Gasteiger partial charge is 0.264 e. The molecule has 3 aromatic rings. The molecule has 1 amide bonds. The van der Waals surface area contributed by atoms with Crippen molar-refractivity contribution in [3.8, 4) is 0 Å². The van der Waals surface area contributed by atoms with Crippen LogP contribution in [0.2, 0.25) is 0 Å². The number of hydrogen-bond acceptors (Lipinski definition) is 3. The van der Waals surface area contributed by atoms with E-state index in [-0.39, 0.29) is 23.4 Å². The molecule has 33 heavy (non-hydrogen) atoms. The topological polar surface area (TPSA) is 66.5 Å². The monoisotopic (exact) mass is 462 g/mol. The van der Waals surface area contributed by atoms with E-state index in [2.05, 4.69) is 23.5 Å². The lowest BCUT2D eigenvalue weighted by Crippen LogP contribution is -2.41. The third kappa shape index (κ3) is 5.11. The van der Waals surface area contributed by atoms with Crippen molar-refractivity contribution < 1.29 is 13.2 Å². The third-order valence-electron chi connectivity index (χ3n) is 6.25. The molecule has 4 rings (SSSR count). The van der Waals surface area contributed by atoms with Crippen molar-refractivity contribution in [2.75, 3.05) is 10.8 Å². The highest BCUT2D eigenvalue weighted by Crippen LogP contribution is 2.26. The van der Waals surface area contributed by atoms with Crippen LogP contribution in [0.15, 0.2) is 77.7 Å². The standard InChI is InChI=1S/C27H30N2O3S/c1-3-21-12-16-25(17-13-21)29(33(31,32)26-10-5-4-6-11-26)19-27(30)28-20(2)23-15-14-22-8-7-9-24(22)18-23/h4-6,10-18,20H,3,7-9,19H2,1-2H3,(H,28,30)/t20-/m0/s1. The van der Waals surface area contributed by atoms with Crippen LogP contribution in [0.25, 0.3) is 0 Å². The lowest BCUT2D eigenvalue weighted by molar-refractivity contribution is -0.120. The van der Waals surface area contributed by atoms with Crippen molar-refractivity contribution in [3.05, 3.63) is 95.1 Å². The van der Waals surface area contributed by atoms with Gasteiger partial charge in [0.15, 0.2) is 0 Å². The SMILES string of the molecule is CCc1ccc(N(CC(=O)N[C@@H](C)c2ccc3c(c2)CCC3)S(=O)(=O)c2ccccc2)cc1. The Bertz CT molecular complexity index is 1220. The molecule has 6 heteroatoms. The molecule has 0 aliphatic heterocycles. The van der Waals surface area contributed by atoms with Gasteiger partial charge in [-0.1, -0.05) is 55.5 Å². The van der Waals surface area contributed by atoms with E-state index >= 15 is 0 Å². The van der Waals surface area contributed by atoms with Gasteiger partial charge in [-0.3, -0.25) is 9.10 Å². The molecule has 0 spiro atoms. The maximum Gasteiger partial charge on any atom is 0.264 e. The number of carbonyl (C=O) groups excluding carboxylic acids is 1. The molecule has 3 aromatic carbocycles. The Hall–Kier alpha value is -3.12. The number of rotatable bonds is 8. The van der Waals surface area contributed by atoms with Gasteiger partial charge in [0, 0.05) is 0 Å². The summed E-state index contributed by atoms with van der Waals surface area (Å²) < 4.78 is 28.1. The van der Waals surface area contributed by atoms with Gasteiger partial charge in [0.2, 0.25) is 5.91 Å². The van der Waals surface area contributed by atoms with Gasteiger partial charge < -0.3 is 5.32 Å². The molecule has 0 fully saturated rings. The summed E-state index contributed by atoms with van der Waals surface area (Å²) in [5, 5.41) is 2.99. The summed E-state index contributed by atoms with van der Waals surface area (Å²) in [5.74, 6) is -0.345. The molecule has 1 aliphatic rings. The fourth-order valence-electron chi connectivity index (χ4n) is 4.29. The van der Waals surface area contributed by atoms with E-state index in [1.165, 1.54) is 21.9 Å². The van der Waals surface area contributed by atoms with E-state index in [9.17, 15) is 13.2 Å². The molecule has 0 saturated carbocycles. The van der Waals surface area contributed by atoms with Crippen LogP contribution in [-0.4, -0.2) is 20.9 Å². The minimum atomic E-state index is -3.90. The quantitative estimate of drug-likeness (QED) is 0.522. The summed E-state index contributed by atoms with van der Waals surface area (Å²) in [6.45, 7) is 3.68. The van der Waals surface area contributed by atoms with E-state index in [1.54, 1.807) is 42.5 Å². The number of carbonyl (C=O) groups is 1. The van der Waals surface area contributed by atoms with Gasteiger partial charge in [0.1, 0.15) is 6.54 Å². The molecule has 5 nitrogen and oxygen atoms in total. The Morgan fingerprint density at radius 1 is 0.970 bits per heavy atom. The van der Waals surface area contributed by atoms with Gasteiger partial charge in [-0.25, -0.2) is 8.42 Å². The van der Waals surface area contributed by atoms with Crippen LogP contribution >= 0.6 is 0 Å². The first kappa shape index (κ1) is 23.1. The summed E-state index contributed by atoms with van der Waals surface area (Å²) in [6.07, 6.45) is 4.20. The number of hydrogen-bond donors (Lipinski definition) is 1. The number of sulfonamides is 1. The summed E-state index contributed by atoms with van der Waals surface area (Å²) in [4.78, 5) is 13.2. The van der Waals surface area contributed by atoms with Crippen LogP contribution in [0.3, 0.4) is 0 Å². The first-order valence-electron chi connectivity index (χ1n) is 11.5. The largest absolute Gasteiger partial charge is 0.348 e. The Labute approximate surface area is 196 Å². The summed E-state index contributed by atoms with van der Waals surface area (Å²) in [5.41, 5.74) is 5.33. The van der Waals surface area contributed by atoms with E-state index in [1.807, 2.05) is 26.0 Å². The van der Waals surface area contributed by atoms with Gasteiger partial charge >= 0.3 is 0 Å². The van der Waals surface area contributed by atoms with Crippen molar-refractivity contribution in [3.63, 3.8) is 0 Å². The van der Waals surface area contributed by atoms with Gasteiger partial charge in [0.05, 0.1) is 16.6 Å². The Morgan fingerprint density at radius 3 is 2.36 bits per heavy atom. The number of aryl methyl sites for hydroxylation is 3. The number of nitrogens with zero attached hydrogens (tertiary/aromatic N) is 1. The molecule has 0 radical (unpaired) electrons. The van der Waals surface area contributed by atoms with Crippen LogP contribution in [0.4, 0.5) is 5.69 Å². The average Bonchev–Trinajstić information content (AvgIpc) is 3.31. The highest BCUT2D eigenvalue weighted by Gasteiger charge is 2.27. The van der Waals surface area contributed by atoms with E-state index in [0.717, 1.165) is 30.4 Å². The lowest BCUT2D eigenvalue weighted by atomic mass is 10.0. The van der Waals surface area contributed by atoms with Crippen LogP contribution in [0, 0.1) is 0 Å². The van der Waals surface area contributed by atoms with E-state index < -0.39 is 10.0 Å². The Balaban J connectivity index is 1.57. The van der Waals surface area contributed by atoms with Crippen LogP contribution in [0.5, 0.6) is 0 Å². The molecule has 1 atom stereocenters. The van der Waals surface area contributed by atoms with Crippen molar-refractivity contribution >= 4 is 21.6 Å². The number of anilines is 1. The molecule has 0 aromatic heterocycles. The zero-order chi connectivity index (χ0) is 23.4. The second kappa shape index (κ2) is 9.79. The maximum atomic E-state index is 13.5. The second-order valence-electron chi connectivity index (χ2n) is 8.52.